The summed E-state index contributed by atoms with van der Waals surface area (Å²) in [6.45, 7) is 0. The molecule has 1 aromatic carbocycles. The molecule has 13 heavy (non-hydrogen) atoms. The third kappa shape index (κ3) is 2.15. The summed E-state index contributed by atoms with van der Waals surface area (Å²) < 4.78 is 0. The van der Waals surface area contributed by atoms with Crippen molar-refractivity contribution >= 4 is 17.7 Å². The van der Waals surface area contributed by atoms with E-state index in [4.69, 9.17) is 5.11 Å². The van der Waals surface area contributed by atoms with Gasteiger partial charge in [-0.05, 0) is 12.3 Å². The predicted molar refractivity (Wildman–Crippen MR) is 52.3 cm³/mol. The number of para-hydroxylation sites is 1. The van der Waals surface area contributed by atoms with Crippen molar-refractivity contribution in [1.82, 2.24) is 0 Å². The number of aromatic hydroxyl groups is 1. The Balaban J connectivity index is 3.10. The summed E-state index contributed by atoms with van der Waals surface area (Å²) in [5, 5.41) is 18.2. The average Bonchev–Trinajstić information content (AvgIpc) is 2.08. The summed E-state index contributed by atoms with van der Waals surface area (Å²) in [5.74, 6) is -0.600. The number of carboxylic acids is 1. The van der Waals surface area contributed by atoms with Crippen LogP contribution in [0.1, 0.15) is 15.9 Å². The Kier molecular flexibility index (Phi) is 3.19. The summed E-state index contributed by atoms with van der Waals surface area (Å²) >= 11 is 1.54. The van der Waals surface area contributed by atoms with Crippen molar-refractivity contribution in [1.29, 1.82) is 0 Å². The molecule has 3 nitrogen and oxygen atoms in total. The van der Waals surface area contributed by atoms with E-state index in [-0.39, 0.29) is 11.3 Å². The molecule has 1 rings (SSSR count). The highest BCUT2D eigenvalue weighted by Gasteiger charge is 2.11. The number of hydrogen-bond donors (Lipinski definition) is 2. The lowest BCUT2D eigenvalue weighted by atomic mass is 10.1. The fourth-order valence-corrected chi connectivity index (χ4v) is 1.58. The molecule has 0 radical (unpaired) electrons. The van der Waals surface area contributed by atoms with Crippen LogP contribution in [0.15, 0.2) is 18.2 Å². The smallest absolute Gasteiger partial charge is 0.339 e. The number of carboxylic acid groups (broad SMARTS) is 1. The van der Waals surface area contributed by atoms with Crippen LogP contribution in [0.2, 0.25) is 0 Å². The molecule has 0 fully saturated rings. The average molecular weight is 198 g/mol. The topological polar surface area (TPSA) is 57.5 Å². The van der Waals surface area contributed by atoms with Crippen LogP contribution in [-0.2, 0) is 5.75 Å². The Hall–Kier alpha value is -1.16. The molecular formula is C9H10O3S. The molecular weight excluding hydrogens is 188 g/mol. The van der Waals surface area contributed by atoms with Gasteiger partial charge < -0.3 is 10.2 Å². The fourth-order valence-electron chi connectivity index (χ4n) is 1.04. The van der Waals surface area contributed by atoms with E-state index < -0.39 is 5.97 Å². The molecule has 0 amide bonds. The molecule has 70 valence electrons. The zero-order valence-electron chi connectivity index (χ0n) is 7.15. The SMILES string of the molecule is CSCc1cccc(C(=O)O)c1O. The lowest BCUT2D eigenvalue weighted by Crippen LogP contribution is -1.98. The highest BCUT2D eigenvalue weighted by Crippen LogP contribution is 2.25. The van der Waals surface area contributed by atoms with Gasteiger partial charge in [-0.2, -0.15) is 11.8 Å². The Labute approximate surface area is 80.4 Å². The number of phenols is 1. The molecule has 1 aromatic rings. The molecule has 0 saturated carbocycles. The Bertz CT molecular complexity index is 323. The zero-order chi connectivity index (χ0) is 9.84. The van der Waals surface area contributed by atoms with E-state index in [2.05, 4.69) is 0 Å². The number of thioether (sulfide) groups is 1. The van der Waals surface area contributed by atoms with E-state index in [1.165, 1.54) is 17.8 Å². The second-order valence-electron chi connectivity index (χ2n) is 2.55. The summed E-state index contributed by atoms with van der Waals surface area (Å²) in [5.41, 5.74) is 0.624. The second-order valence-corrected chi connectivity index (χ2v) is 3.42. The minimum absolute atomic E-state index is 0.0356. The van der Waals surface area contributed by atoms with Crippen LogP contribution in [-0.4, -0.2) is 22.4 Å². The van der Waals surface area contributed by atoms with Crippen molar-refractivity contribution in [3.63, 3.8) is 0 Å². The number of benzene rings is 1. The van der Waals surface area contributed by atoms with Crippen molar-refractivity contribution in [3.05, 3.63) is 29.3 Å². The van der Waals surface area contributed by atoms with Crippen LogP contribution in [0.3, 0.4) is 0 Å². The normalized spacial score (nSPS) is 9.92. The van der Waals surface area contributed by atoms with E-state index >= 15 is 0 Å². The first-order chi connectivity index (χ1) is 6.16. The van der Waals surface area contributed by atoms with E-state index in [1.54, 1.807) is 12.1 Å². The van der Waals surface area contributed by atoms with Crippen molar-refractivity contribution in [2.75, 3.05) is 6.26 Å². The van der Waals surface area contributed by atoms with Gasteiger partial charge in [-0.3, -0.25) is 0 Å². The molecule has 0 unspecified atom stereocenters. The molecule has 2 N–H and O–H groups in total. The first-order valence-electron chi connectivity index (χ1n) is 3.70. The first-order valence-corrected chi connectivity index (χ1v) is 5.09. The van der Waals surface area contributed by atoms with Gasteiger partial charge in [0.1, 0.15) is 11.3 Å². The van der Waals surface area contributed by atoms with E-state index in [0.29, 0.717) is 11.3 Å². The highest BCUT2D eigenvalue weighted by molar-refractivity contribution is 7.97. The Morgan fingerprint density at radius 1 is 1.54 bits per heavy atom. The minimum atomic E-state index is -1.10. The van der Waals surface area contributed by atoms with Gasteiger partial charge in [0.15, 0.2) is 0 Å². The van der Waals surface area contributed by atoms with E-state index in [9.17, 15) is 9.90 Å². The van der Waals surface area contributed by atoms with Gasteiger partial charge >= 0.3 is 5.97 Å². The lowest BCUT2D eigenvalue weighted by Gasteiger charge is -2.04. The molecule has 0 aliphatic rings. The molecule has 0 heterocycles. The monoisotopic (exact) mass is 198 g/mol. The summed E-state index contributed by atoms with van der Waals surface area (Å²) in [4.78, 5) is 10.6. The maximum atomic E-state index is 10.6. The van der Waals surface area contributed by atoms with Crippen molar-refractivity contribution < 1.29 is 15.0 Å². The van der Waals surface area contributed by atoms with Crippen LogP contribution in [0, 0.1) is 0 Å². The molecule has 0 saturated heterocycles. The van der Waals surface area contributed by atoms with Gasteiger partial charge in [-0.15, -0.1) is 0 Å². The summed E-state index contributed by atoms with van der Waals surface area (Å²) in [7, 11) is 0. The summed E-state index contributed by atoms with van der Waals surface area (Å²) in [6.07, 6.45) is 1.90. The molecule has 0 bridgehead atoms. The van der Waals surface area contributed by atoms with Crippen LogP contribution >= 0.6 is 11.8 Å². The third-order valence-electron chi connectivity index (χ3n) is 1.65. The van der Waals surface area contributed by atoms with Gasteiger partial charge in [-0.1, -0.05) is 12.1 Å². The molecule has 0 aromatic heterocycles. The lowest BCUT2D eigenvalue weighted by molar-refractivity contribution is 0.0693. The van der Waals surface area contributed by atoms with Gasteiger partial charge in [0.05, 0.1) is 0 Å². The third-order valence-corrected chi connectivity index (χ3v) is 2.25. The number of hydrogen-bond acceptors (Lipinski definition) is 3. The van der Waals surface area contributed by atoms with Crippen LogP contribution < -0.4 is 0 Å². The second kappa shape index (κ2) is 4.18. The van der Waals surface area contributed by atoms with Gasteiger partial charge in [-0.25, -0.2) is 4.79 Å². The standard InChI is InChI=1S/C9H10O3S/c1-13-5-6-3-2-4-7(8(6)10)9(11)12/h2-4,10H,5H2,1H3,(H,11,12). The maximum Gasteiger partial charge on any atom is 0.339 e. The Morgan fingerprint density at radius 2 is 2.23 bits per heavy atom. The number of aromatic carboxylic acids is 1. The predicted octanol–water partition coefficient (Wildman–Crippen LogP) is 1.95. The van der Waals surface area contributed by atoms with E-state index in [1.807, 2.05) is 6.26 Å². The number of rotatable bonds is 3. The van der Waals surface area contributed by atoms with Crippen molar-refractivity contribution in [3.8, 4) is 5.75 Å². The minimum Gasteiger partial charge on any atom is -0.507 e. The fraction of sp³-hybridized carbons (Fsp3) is 0.222. The molecule has 4 heteroatoms. The van der Waals surface area contributed by atoms with Crippen LogP contribution in [0.25, 0.3) is 0 Å². The van der Waals surface area contributed by atoms with Gasteiger partial charge in [0.25, 0.3) is 0 Å². The maximum absolute atomic E-state index is 10.6. The number of carbonyl (C=O) groups is 1. The quantitative estimate of drug-likeness (QED) is 0.779. The largest absolute Gasteiger partial charge is 0.507 e. The Morgan fingerprint density at radius 3 is 2.77 bits per heavy atom. The van der Waals surface area contributed by atoms with Crippen molar-refractivity contribution in [2.45, 2.75) is 5.75 Å². The summed E-state index contributed by atoms with van der Waals surface area (Å²) in [6, 6.07) is 4.74. The zero-order valence-corrected chi connectivity index (χ0v) is 7.97. The van der Waals surface area contributed by atoms with Crippen LogP contribution in [0.4, 0.5) is 0 Å². The van der Waals surface area contributed by atoms with Crippen LogP contribution in [0.5, 0.6) is 5.75 Å². The van der Waals surface area contributed by atoms with Gasteiger partial charge in [0, 0.05) is 11.3 Å². The molecule has 0 spiro atoms. The molecule has 0 aliphatic carbocycles. The first kappa shape index (κ1) is 9.92. The molecule has 0 aliphatic heterocycles. The van der Waals surface area contributed by atoms with E-state index in [0.717, 1.165) is 0 Å². The highest BCUT2D eigenvalue weighted by atomic mass is 32.2. The van der Waals surface area contributed by atoms with Crippen molar-refractivity contribution in [2.24, 2.45) is 0 Å². The van der Waals surface area contributed by atoms with Gasteiger partial charge in [0.2, 0.25) is 0 Å². The molecule has 0 atom stereocenters.